The molecule has 1 atom stereocenters. The van der Waals surface area contributed by atoms with Crippen LogP contribution in [0.25, 0.3) is 5.76 Å². The maximum Gasteiger partial charge on any atom is 0.301 e. The van der Waals surface area contributed by atoms with E-state index in [9.17, 15) is 14.7 Å². The summed E-state index contributed by atoms with van der Waals surface area (Å²) in [6.07, 6.45) is 1.57. The molecule has 1 aliphatic heterocycles. The number of carbonyl (C=O) groups is 2. The number of aliphatic hydroxyl groups is 1. The van der Waals surface area contributed by atoms with Gasteiger partial charge in [-0.3, -0.25) is 14.5 Å². The Balaban J connectivity index is 1.93. The predicted molar refractivity (Wildman–Crippen MR) is 110 cm³/mol. The van der Waals surface area contributed by atoms with Gasteiger partial charge < -0.3 is 5.11 Å². The van der Waals surface area contributed by atoms with Crippen molar-refractivity contribution in [2.45, 2.75) is 13.0 Å². The average molecular weight is 411 g/mol. The normalized spacial score (nSPS) is 18.6. The highest BCUT2D eigenvalue weighted by Crippen LogP contribution is 2.42. The third kappa shape index (κ3) is 3.10. The summed E-state index contributed by atoms with van der Waals surface area (Å²) in [6, 6.07) is 13.2. The first-order valence-corrected chi connectivity index (χ1v) is 9.76. The van der Waals surface area contributed by atoms with Crippen molar-refractivity contribution < 1.29 is 14.7 Å². The Labute approximate surface area is 170 Å². The van der Waals surface area contributed by atoms with Crippen LogP contribution in [0.2, 0.25) is 5.02 Å². The van der Waals surface area contributed by atoms with E-state index in [1.54, 1.807) is 35.8 Å². The van der Waals surface area contributed by atoms with Crippen LogP contribution in [0.3, 0.4) is 0 Å². The second kappa shape index (κ2) is 7.22. The number of hydrogen-bond acceptors (Lipinski definition) is 5. The maximum atomic E-state index is 12.9. The molecule has 2 aromatic carbocycles. The summed E-state index contributed by atoms with van der Waals surface area (Å²) < 4.78 is 0. The Hall–Kier alpha value is -2.96. The van der Waals surface area contributed by atoms with Gasteiger partial charge in [-0.25, -0.2) is 4.98 Å². The fraction of sp³-hybridized carbons (Fsp3) is 0.0952. The third-order valence-corrected chi connectivity index (χ3v) is 5.60. The maximum absolute atomic E-state index is 12.9. The van der Waals surface area contributed by atoms with Gasteiger partial charge >= 0.3 is 5.91 Å². The number of aromatic nitrogens is 1. The lowest BCUT2D eigenvalue weighted by molar-refractivity contribution is -0.132. The first kappa shape index (κ1) is 18.4. The number of halogens is 1. The minimum atomic E-state index is -0.762. The van der Waals surface area contributed by atoms with Gasteiger partial charge in [0.15, 0.2) is 5.13 Å². The van der Waals surface area contributed by atoms with Crippen LogP contribution >= 0.6 is 22.9 Å². The van der Waals surface area contributed by atoms with Gasteiger partial charge in [-0.05, 0) is 36.8 Å². The van der Waals surface area contributed by atoms with E-state index in [4.69, 9.17) is 11.6 Å². The molecule has 140 valence electrons. The molecule has 28 heavy (non-hydrogen) atoms. The molecule has 1 aliphatic rings. The summed E-state index contributed by atoms with van der Waals surface area (Å²) in [4.78, 5) is 31.3. The van der Waals surface area contributed by atoms with Gasteiger partial charge in [0.25, 0.3) is 5.78 Å². The molecule has 1 N–H and O–H groups in total. The molecular weight excluding hydrogens is 396 g/mol. The zero-order chi connectivity index (χ0) is 19.8. The van der Waals surface area contributed by atoms with Crippen molar-refractivity contribution in [3.05, 3.63) is 87.4 Å². The van der Waals surface area contributed by atoms with Crippen LogP contribution in [0.5, 0.6) is 0 Å². The van der Waals surface area contributed by atoms with Crippen LogP contribution in [-0.4, -0.2) is 21.8 Å². The molecule has 1 amide bonds. The summed E-state index contributed by atoms with van der Waals surface area (Å²) in [5.41, 5.74) is 2.22. The highest BCUT2D eigenvalue weighted by atomic mass is 35.5. The Bertz CT molecular complexity index is 1070. The van der Waals surface area contributed by atoms with Crippen molar-refractivity contribution in [2.24, 2.45) is 0 Å². The van der Waals surface area contributed by atoms with Gasteiger partial charge in [-0.2, -0.15) is 0 Å². The molecule has 1 saturated heterocycles. The lowest BCUT2D eigenvalue weighted by Gasteiger charge is -2.23. The molecule has 0 radical (unpaired) electrons. The summed E-state index contributed by atoms with van der Waals surface area (Å²) in [5, 5.41) is 13.6. The number of aliphatic hydroxyl groups excluding tert-OH is 1. The van der Waals surface area contributed by atoms with Crippen molar-refractivity contribution in [3.8, 4) is 0 Å². The molecule has 1 aromatic heterocycles. The minimum Gasteiger partial charge on any atom is -0.507 e. The average Bonchev–Trinajstić information content (AvgIpc) is 3.30. The number of Topliss-reactive ketones (excluding diaryl/α,β-unsaturated/α-hetero) is 1. The summed E-state index contributed by atoms with van der Waals surface area (Å²) in [7, 11) is 0. The Kier molecular flexibility index (Phi) is 4.75. The van der Waals surface area contributed by atoms with E-state index < -0.39 is 17.7 Å². The number of amides is 1. The van der Waals surface area contributed by atoms with E-state index >= 15 is 0 Å². The number of hydrogen-bond donors (Lipinski definition) is 1. The van der Waals surface area contributed by atoms with Gasteiger partial charge in [-0.1, -0.05) is 41.4 Å². The zero-order valence-corrected chi connectivity index (χ0v) is 16.4. The lowest BCUT2D eigenvalue weighted by Crippen LogP contribution is -2.29. The van der Waals surface area contributed by atoms with Crippen LogP contribution in [0, 0.1) is 6.92 Å². The second-order valence-electron chi connectivity index (χ2n) is 6.40. The molecule has 0 saturated carbocycles. The van der Waals surface area contributed by atoms with Crippen molar-refractivity contribution in [1.29, 1.82) is 0 Å². The van der Waals surface area contributed by atoms with Gasteiger partial charge in [-0.15, -0.1) is 11.3 Å². The van der Waals surface area contributed by atoms with E-state index in [0.717, 1.165) is 11.1 Å². The number of carbonyl (C=O) groups excluding carboxylic acids is 2. The number of aryl methyl sites for hydroxylation is 1. The third-order valence-electron chi connectivity index (χ3n) is 4.58. The first-order chi connectivity index (χ1) is 13.5. The topological polar surface area (TPSA) is 70.5 Å². The molecule has 0 spiro atoms. The number of nitrogens with zero attached hydrogens (tertiary/aromatic N) is 2. The van der Waals surface area contributed by atoms with E-state index in [2.05, 4.69) is 4.98 Å². The van der Waals surface area contributed by atoms with Gasteiger partial charge in [0, 0.05) is 22.2 Å². The number of benzene rings is 2. The molecule has 0 aliphatic carbocycles. The Morgan fingerprint density at radius 2 is 1.79 bits per heavy atom. The summed E-state index contributed by atoms with van der Waals surface area (Å²) >= 11 is 7.18. The van der Waals surface area contributed by atoms with Crippen LogP contribution in [0.4, 0.5) is 5.13 Å². The van der Waals surface area contributed by atoms with E-state index in [-0.39, 0.29) is 11.3 Å². The Morgan fingerprint density at radius 3 is 2.39 bits per heavy atom. The van der Waals surface area contributed by atoms with Crippen molar-refractivity contribution in [2.75, 3.05) is 4.90 Å². The molecule has 3 aromatic rings. The fourth-order valence-electron chi connectivity index (χ4n) is 3.19. The van der Waals surface area contributed by atoms with Crippen LogP contribution in [0.15, 0.2) is 65.7 Å². The molecule has 2 heterocycles. The van der Waals surface area contributed by atoms with Crippen LogP contribution in [0.1, 0.15) is 22.7 Å². The Morgan fingerprint density at radius 1 is 1.11 bits per heavy atom. The molecule has 0 bridgehead atoms. The number of thiazole rings is 1. The van der Waals surface area contributed by atoms with Crippen molar-refractivity contribution in [3.63, 3.8) is 0 Å². The highest BCUT2D eigenvalue weighted by Gasteiger charge is 2.47. The number of ketones is 1. The molecule has 4 rings (SSSR count). The molecule has 5 nitrogen and oxygen atoms in total. The van der Waals surface area contributed by atoms with Gasteiger partial charge in [0.05, 0.1) is 11.6 Å². The minimum absolute atomic E-state index is 0.0337. The SMILES string of the molecule is Cc1ccc(C2/C(=C(\O)c3ccc(Cl)cc3)C(=O)C(=O)N2c2nccs2)cc1. The standard InChI is InChI=1S/C21H15ClN2O3S/c1-12-2-4-13(5-3-12)17-16(18(25)14-6-8-15(22)9-7-14)19(26)20(27)24(17)21-23-10-11-28-21/h2-11,17,25H,1H3/b18-16+. The summed E-state index contributed by atoms with van der Waals surface area (Å²) in [6.45, 7) is 1.95. The summed E-state index contributed by atoms with van der Waals surface area (Å²) in [5.74, 6) is -1.69. The zero-order valence-electron chi connectivity index (χ0n) is 14.8. The van der Waals surface area contributed by atoms with Gasteiger partial charge in [0.2, 0.25) is 0 Å². The van der Waals surface area contributed by atoms with E-state index in [0.29, 0.717) is 15.7 Å². The highest BCUT2D eigenvalue weighted by molar-refractivity contribution is 7.14. The lowest BCUT2D eigenvalue weighted by atomic mass is 9.95. The monoisotopic (exact) mass is 410 g/mol. The van der Waals surface area contributed by atoms with Crippen LogP contribution < -0.4 is 4.90 Å². The van der Waals surface area contributed by atoms with E-state index in [1.807, 2.05) is 31.2 Å². The molecule has 1 fully saturated rings. The van der Waals surface area contributed by atoms with Gasteiger partial charge in [0.1, 0.15) is 5.76 Å². The first-order valence-electron chi connectivity index (χ1n) is 8.50. The number of rotatable bonds is 3. The van der Waals surface area contributed by atoms with Crippen molar-refractivity contribution in [1.82, 2.24) is 4.98 Å². The largest absolute Gasteiger partial charge is 0.507 e. The van der Waals surface area contributed by atoms with Crippen molar-refractivity contribution >= 4 is 45.5 Å². The second-order valence-corrected chi connectivity index (χ2v) is 7.71. The van der Waals surface area contributed by atoms with E-state index in [1.165, 1.54) is 16.2 Å². The quantitative estimate of drug-likeness (QED) is 0.385. The predicted octanol–water partition coefficient (Wildman–Crippen LogP) is 4.73. The molecular formula is C21H15ClN2O3S. The molecule has 1 unspecified atom stereocenters. The smallest absolute Gasteiger partial charge is 0.301 e. The number of anilines is 1. The van der Waals surface area contributed by atoms with Crippen LogP contribution in [-0.2, 0) is 9.59 Å². The fourth-order valence-corrected chi connectivity index (χ4v) is 3.99. The molecule has 7 heteroatoms.